The van der Waals surface area contributed by atoms with Crippen LogP contribution in [0.5, 0.6) is 0 Å². The monoisotopic (exact) mass is 951 g/mol. The van der Waals surface area contributed by atoms with Gasteiger partial charge in [0.15, 0.2) is 13.9 Å². The van der Waals surface area contributed by atoms with Crippen LogP contribution in [0.2, 0.25) is 13.1 Å². The predicted molar refractivity (Wildman–Crippen MR) is 236 cm³/mol. The Balaban J connectivity index is 0.000000360. The van der Waals surface area contributed by atoms with Gasteiger partial charge in [0, 0.05) is 64.5 Å². The van der Waals surface area contributed by atoms with Gasteiger partial charge in [-0.3, -0.25) is 9.78 Å². The fourth-order valence-corrected chi connectivity index (χ4v) is 12.4. The molecule has 3 heterocycles. The van der Waals surface area contributed by atoms with Gasteiger partial charge in [-0.15, -0.1) is 29.1 Å². The largest absolute Gasteiger partial charge is 0.512 e. The predicted octanol–water partition coefficient (Wildman–Crippen LogP) is 13.1. The number of fused-ring (bicyclic) bond motifs is 3. The van der Waals surface area contributed by atoms with Crippen LogP contribution in [-0.2, 0) is 30.3 Å². The zero-order valence-electron chi connectivity index (χ0n) is 34.9. The van der Waals surface area contributed by atoms with Gasteiger partial charge in [0.1, 0.15) is 5.58 Å². The molecule has 3 aromatic heterocycles. The molecule has 6 rings (SSSR count). The number of hydrogen-bond donors (Lipinski definition) is 1. The van der Waals surface area contributed by atoms with Crippen molar-refractivity contribution in [2.75, 3.05) is 0 Å². The number of hydrogen-bond acceptors (Lipinski definition) is 5. The van der Waals surface area contributed by atoms with E-state index in [0.29, 0.717) is 5.92 Å². The van der Waals surface area contributed by atoms with Gasteiger partial charge in [0.25, 0.3) is 0 Å². The second-order valence-corrected chi connectivity index (χ2v) is 22.3. The van der Waals surface area contributed by atoms with Crippen molar-refractivity contribution < 1.29 is 34.4 Å². The molecule has 0 unspecified atom stereocenters. The number of nitrogens with zero attached hydrogens (tertiary/aromatic N) is 1. The topological polar surface area (TPSA) is 63.3 Å². The van der Waals surface area contributed by atoms with Crippen molar-refractivity contribution in [2.24, 2.45) is 11.8 Å². The van der Waals surface area contributed by atoms with Crippen molar-refractivity contribution in [1.29, 1.82) is 0 Å². The molecule has 4 nitrogen and oxygen atoms in total. The molecule has 1 N–H and O–H groups in total. The maximum atomic E-state index is 11.7. The van der Waals surface area contributed by atoms with Crippen LogP contribution in [0.4, 0.5) is 0 Å². The number of aromatic nitrogens is 1. The molecule has 0 spiro atoms. The Kier molecular flexibility index (Phi) is 14.7. The number of benzene rings is 3. The van der Waals surface area contributed by atoms with E-state index < -0.39 is 8.07 Å². The fourth-order valence-electron chi connectivity index (χ4n) is 7.52. The van der Waals surface area contributed by atoms with E-state index in [1.807, 2.05) is 45.2 Å². The molecule has 0 fully saturated rings. The van der Waals surface area contributed by atoms with E-state index in [2.05, 4.69) is 121 Å². The molecule has 3 aromatic carbocycles. The van der Waals surface area contributed by atoms with Gasteiger partial charge in [0.2, 0.25) is 0 Å². The van der Waals surface area contributed by atoms with Gasteiger partial charge in [-0.2, -0.15) is 11.3 Å². The van der Waals surface area contributed by atoms with Gasteiger partial charge < -0.3 is 9.52 Å². The molecule has 0 bridgehead atoms. The maximum absolute atomic E-state index is 11.7. The number of aliphatic hydroxyl groups excluding tert-OH is 1. The first-order chi connectivity index (χ1) is 25.5. The van der Waals surface area contributed by atoms with E-state index in [0.717, 1.165) is 53.3 Å². The van der Waals surface area contributed by atoms with Gasteiger partial charge in [-0.05, 0) is 78.7 Å². The Morgan fingerprint density at radius 3 is 2.20 bits per heavy atom. The van der Waals surface area contributed by atoms with Crippen LogP contribution in [0, 0.1) is 24.8 Å². The average Bonchev–Trinajstić information content (AvgIpc) is 3.74. The Morgan fingerprint density at radius 1 is 0.927 bits per heavy atom. The number of allylic oxidation sites excluding steroid dienone is 2. The van der Waals surface area contributed by atoms with Crippen LogP contribution in [0.15, 0.2) is 83.1 Å². The number of aryl methyl sites for hydroxylation is 1. The molecular weight excluding hydrogens is 891 g/mol. The van der Waals surface area contributed by atoms with Gasteiger partial charge in [-0.1, -0.05) is 117 Å². The number of furan rings is 1. The molecule has 0 aliphatic carbocycles. The van der Waals surface area contributed by atoms with Crippen LogP contribution in [0.3, 0.4) is 0 Å². The standard InChI is InChI=1S/C35H36NOSSi.C13H24O2.Ir/c1-21(2)23-13-14-25-20-31(37-30(25)19-23)39(7,8)34-22(3)27-15-16-36-32(33(27)38-34)26-17-24-11-9-10-12-28(24)29(18-26)35(4,5)6;1-5-10(6-2)12(14)9-13(15)11(7-3)8-4;/h9-16,18-21H,1-8H3;9-11,14H,5-8H2,1-4H3;/q-1;;/b;12-9-;. The summed E-state index contributed by atoms with van der Waals surface area (Å²) in [6, 6.07) is 25.7. The van der Waals surface area contributed by atoms with E-state index in [1.54, 1.807) is 0 Å². The first kappa shape index (κ1) is 44.4. The number of ketones is 1. The summed E-state index contributed by atoms with van der Waals surface area (Å²) in [4.78, 5) is 16.7. The number of carbonyl (C=O) groups excluding carboxylic acids is 1. The zero-order chi connectivity index (χ0) is 39.5. The quantitative estimate of drug-likeness (QED) is 0.0608. The normalized spacial score (nSPS) is 12.5. The van der Waals surface area contributed by atoms with Crippen LogP contribution in [-0.4, -0.2) is 23.9 Å². The third-order valence-electron chi connectivity index (χ3n) is 11.2. The van der Waals surface area contributed by atoms with Crippen molar-refractivity contribution in [3.63, 3.8) is 0 Å². The van der Waals surface area contributed by atoms with E-state index >= 15 is 0 Å². The summed E-state index contributed by atoms with van der Waals surface area (Å²) in [5, 5.41) is 15.8. The minimum Gasteiger partial charge on any atom is -0.512 e. The number of carbonyl (C=O) groups is 1. The van der Waals surface area contributed by atoms with Crippen molar-refractivity contribution in [1.82, 2.24) is 4.98 Å². The molecule has 0 aliphatic heterocycles. The summed E-state index contributed by atoms with van der Waals surface area (Å²) in [7, 11) is -2.11. The molecule has 0 saturated carbocycles. The van der Waals surface area contributed by atoms with Crippen LogP contribution in [0.25, 0.3) is 43.1 Å². The molecule has 7 heteroatoms. The summed E-state index contributed by atoms with van der Waals surface area (Å²) in [5.41, 5.74) is 7.11. The Hall–Kier alpha value is -3.35. The second-order valence-electron chi connectivity index (χ2n) is 16.7. The van der Waals surface area contributed by atoms with E-state index in [9.17, 15) is 9.90 Å². The van der Waals surface area contributed by atoms with Crippen molar-refractivity contribution in [3.05, 3.63) is 101 Å². The van der Waals surface area contributed by atoms with E-state index in [-0.39, 0.29) is 48.9 Å². The minimum atomic E-state index is -2.11. The van der Waals surface area contributed by atoms with Gasteiger partial charge >= 0.3 is 0 Å². The molecule has 55 heavy (non-hydrogen) atoms. The number of aliphatic hydroxyl groups is 1. The first-order valence-electron chi connectivity index (χ1n) is 19.9. The number of thiophene rings is 1. The summed E-state index contributed by atoms with van der Waals surface area (Å²) in [5.74, 6) is 1.03. The molecular formula is C48H60IrNO3SSi-. The first-order valence-corrected chi connectivity index (χ1v) is 23.7. The van der Waals surface area contributed by atoms with Gasteiger partial charge in [-0.25, -0.2) is 0 Å². The SMILES string of the molecule is CCC(CC)C(=O)/C=C(\O)C(CC)CC.Cc1c([Si](C)(C)c2cc3ccc(C(C)C)cc3o2)sc2c(-c3[c-]c4ccccc4c(C(C)(C)C)c3)nccc12.[Ir]. The summed E-state index contributed by atoms with van der Waals surface area (Å²) < 4.78 is 9.29. The van der Waals surface area contributed by atoms with Crippen LogP contribution >= 0.6 is 11.3 Å². The number of rotatable bonds is 11. The smallest absolute Gasteiger partial charge is 0.169 e. The summed E-state index contributed by atoms with van der Waals surface area (Å²) >= 11 is 1.90. The molecule has 6 aromatic rings. The molecule has 0 atom stereocenters. The van der Waals surface area contributed by atoms with Gasteiger partial charge in [0.05, 0.1) is 11.1 Å². The van der Waals surface area contributed by atoms with E-state index in [1.165, 1.54) is 48.1 Å². The van der Waals surface area contributed by atoms with Crippen LogP contribution < -0.4 is 9.88 Å². The Bertz CT molecular complexity index is 2280. The fraction of sp³-hybridized carbons (Fsp3) is 0.417. The molecule has 0 amide bonds. The molecule has 0 aliphatic rings. The molecule has 1 radical (unpaired) electrons. The Labute approximate surface area is 348 Å². The third kappa shape index (κ3) is 9.45. The van der Waals surface area contributed by atoms with Crippen molar-refractivity contribution >= 4 is 66.9 Å². The summed E-state index contributed by atoms with van der Waals surface area (Å²) in [6.45, 7) is 26.5. The number of pyridine rings is 1. The maximum Gasteiger partial charge on any atom is 0.169 e. The zero-order valence-corrected chi connectivity index (χ0v) is 39.2. The minimum absolute atomic E-state index is 0. The molecule has 0 saturated heterocycles. The second kappa shape index (κ2) is 18.3. The molecule has 295 valence electrons. The van der Waals surface area contributed by atoms with E-state index in [4.69, 9.17) is 9.40 Å². The van der Waals surface area contributed by atoms with Crippen molar-refractivity contribution in [2.45, 2.75) is 119 Å². The van der Waals surface area contributed by atoms with Crippen LogP contribution in [0.1, 0.15) is 111 Å². The Morgan fingerprint density at radius 2 is 1.58 bits per heavy atom. The van der Waals surface area contributed by atoms with Crippen molar-refractivity contribution in [3.8, 4) is 11.3 Å². The average molecular weight is 951 g/mol. The third-order valence-corrected chi connectivity index (χ3v) is 17.1. The summed E-state index contributed by atoms with van der Waals surface area (Å²) in [6.07, 6.45) is 6.87.